The van der Waals surface area contributed by atoms with Gasteiger partial charge >= 0.3 is 0 Å². The van der Waals surface area contributed by atoms with E-state index >= 15 is 0 Å². The molecule has 0 fully saturated rings. The molecule has 1 aliphatic carbocycles. The van der Waals surface area contributed by atoms with Crippen molar-refractivity contribution >= 4 is 11.9 Å². The maximum absolute atomic E-state index is 11.6. The van der Waals surface area contributed by atoms with Gasteiger partial charge in [-0.15, -0.1) is 0 Å². The van der Waals surface area contributed by atoms with Crippen molar-refractivity contribution in [3.05, 3.63) is 47.6 Å². The molecule has 2 heteroatoms. The number of phenolic OH excluding ortho intramolecular Hbond substituents is 1. The fourth-order valence-corrected chi connectivity index (χ4v) is 2.33. The van der Waals surface area contributed by atoms with Crippen LogP contribution in [0, 0.1) is 5.41 Å². The maximum Gasteiger partial charge on any atom is 0.156 e. The maximum atomic E-state index is 11.6. The van der Waals surface area contributed by atoms with Crippen LogP contribution in [-0.4, -0.2) is 10.9 Å². The van der Waals surface area contributed by atoms with Gasteiger partial charge in [-0.1, -0.05) is 44.2 Å². The van der Waals surface area contributed by atoms with E-state index in [2.05, 4.69) is 13.8 Å². The van der Waals surface area contributed by atoms with Gasteiger partial charge in [0.05, 0.1) is 0 Å². The topological polar surface area (TPSA) is 37.3 Å². The summed E-state index contributed by atoms with van der Waals surface area (Å²) in [7, 11) is 0. The highest BCUT2D eigenvalue weighted by molar-refractivity contribution is 5.92. The number of carbonyl (C=O) groups excluding carboxylic acids is 1. The largest absolute Gasteiger partial charge is 0.507 e. The molecule has 0 spiro atoms. The lowest BCUT2D eigenvalue weighted by Crippen LogP contribution is -2.21. The molecule has 0 radical (unpaired) electrons. The van der Waals surface area contributed by atoms with Gasteiger partial charge in [-0.25, -0.2) is 0 Å². The van der Waals surface area contributed by atoms with Crippen LogP contribution < -0.4 is 0 Å². The molecule has 2 nitrogen and oxygen atoms in total. The third-order valence-corrected chi connectivity index (χ3v) is 3.10. The second-order valence-corrected chi connectivity index (χ2v) is 5.60. The molecule has 0 atom stereocenters. The molecule has 1 aliphatic rings. The highest BCUT2D eigenvalue weighted by Crippen LogP contribution is 2.34. The van der Waals surface area contributed by atoms with Gasteiger partial charge in [0.2, 0.25) is 0 Å². The number of ketones is 1. The fraction of sp³-hybridized carbons (Fsp3) is 0.312. The summed E-state index contributed by atoms with van der Waals surface area (Å²) >= 11 is 0. The molecule has 0 aromatic heterocycles. The Bertz CT molecular complexity index is 522. The first-order valence-electron chi connectivity index (χ1n) is 6.16. The van der Waals surface area contributed by atoms with Crippen molar-refractivity contribution in [3.63, 3.8) is 0 Å². The molecule has 0 saturated carbocycles. The van der Waals surface area contributed by atoms with Gasteiger partial charge in [0, 0.05) is 12.0 Å². The van der Waals surface area contributed by atoms with E-state index in [9.17, 15) is 9.90 Å². The summed E-state index contributed by atoms with van der Waals surface area (Å²) in [5.74, 6) is 0.443. The standard InChI is InChI=1S/C16H18O2/c1-16(2)10-12(9-14(17)11-16)7-8-13-5-3-4-6-15(13)18/h3-9,18H,10-11H2,1-2H3/b8-7+. The number of hydrogen-bond donors (Lipinski definition) is 1. The van der Waals surface area contributed by atoms with Crippen molar-refractivity contribution in [1.29, 1.82) is 0 Å². The molecule has 0 bridgehead atoms. The molecule has 0 aliphatic heterocycles. The zero-order valence-electron chi connectivity index (χ0n) is 10.8. The Hall–Kier alpha value is -1.83. The first kappa shape index (κ1) is 12.6. The van der Waals surface area contributed by atoms with Crippen LogP contribution in [0.5, 0.6) is 5.75 Å². The highest BCUT2D eigenvalue weighted by Gasteiger charge is 2.26. The van der Waals surface area contributed by atoms with E-state index in [4.69, 9.17) is 0 Å². The number of allylic oxidation sites excluding steroid dienone is 3. The minimum Gasteiger partial charge on any atom is -0.507 e. The summed E-state index contributed by atoms with van der Waals surface area (Å²) in [6.07, 6.45) is 7.00. The second-order valence-electron chi connectivity index (χ2n) is 5.60. The van der Waals surface area contributed by atoms with E-state index in [0.717, 1.165) is 17.6 Å². The number of aromatic hydroxyl groups is 1. The lowest BCUT2D eigenvalue weighted by molar-refractivity contribution is -0.116. The summed E-state index contributed by atoms with van der Waals surface area (Å²) in [5.41, 5.74) is 1.83. The predicted molar refractivity (Wildman–Crippen MR) is 73.2 cm³/mol. The second kappa shape index (κ2) is 4.81. The van der Waals surface area contributed by atoms with Gasteiger partial charge in [-0.05, 0) is 29.6 Å². The first-order valence-corrected chi connectivity index (χ1v) is 6.16. The molecule has 18 heavy (non-hydrogen) atoms. The zero-order valence-corrected chi connectivity index (χ0v) is 10.8. The first-order chi connectivity index (χ1) is 8.46. The molecule has 1 aromatic rings. The Morgan fingerprint density at radius 3 is 2.56 bits per heavy atom. The van der Waals surface area contributed by atoms with Gasteiger partial charge in [0.1, 0.15) is 5.75 Å². The van der Waals surface area contributed by atoms with E-state index in [1.807, 2.05) is 24.3 Å². The Morgan fingerprint density at radius 2 is 1.89 bits per heavy atom. The average molecular weight is 242 g/mol. The Balaban J connectivity index is 2.20. The predicted octanol–water partition coefficient (Wildman–Crippen LogP) is 3.72. The molecule has 94 valence electrons. The van der Waals surface area contributed by atoms with E-state index in [0.29, 0.717) is 6.42 Å². The van der Waals surface area contributed by atoms with E-state index in [1.165, 1.54) is 0 Å². The van der Waals surface area contributed by atoms with Crippen LogP contribution in [0.1, 0.15) is 32.3 Å². The van der Waals surface area contributed by atoms with E-state index in [-0.39, 0.29) is 16.9 Å². The van der Waals surface area contributed by atoms with Crippen LogP contribution in [0.3, 0.4) is 0 Å². The molecule has 2 rings (SSSR count). The van der Waals surface area contributed by atoms with Gasteiger partial charge in [0.25, 0.3) is 0 Å². The van der Waals surface area contributed by atoms with Crippen molar-refractivity contribution in [2.45, 2.75) is 26.7 Å². The van der Waals surface area contributed by atoms with Crippen molar-refractivity contribution in [2.24, 2.45) is 5.41 Å². The quantitative estimate of drug-likeness (QED) is 0.858. The summed E-state index contributed by atoms with van der Waals surface area (Å²) < 4.78 is 0. The van der Waals surface area contributed by atoms with Crippen molar-refractivity contribution in [2.75, 3.05) is 0 Å². The molecule has 1 N–H and O–H groups in total. The number of para-hydroxylation sites is 1. The van der Waals surface area contributed by atoms with E-state index in [1.54, 1.807) is 18.2 Å². The minimum absolute atomic E-state index is 0.0320. The number of carbonyl (C=O) groups is 1. The number of phenols is 1. The summed E-state index contributed by atoms with van der Waals surface area (Å²) in [6, 6.07) is 7.18. The SMILES string of the molecule is CC1(C)CC(=O)C=C(/C=C/c2ccccc2O)C1. The third kappa shape index (κ3) is 3.10. The van der Waals surface area contributed by atoms with Crippen LogP contribution in [0.15, 0.2) is 42.0 Å². The lowest BCUT2D eigenvalue weighted by atomic mass is 9.77. The average Bonchev–Trinajstić information content (AvgIpc) is 2.25. The highest BCUT2D eigenvalue weighted by atomic mass is 16.3. The lowest BCUT2D eigenvalue weighted by Gasteiger charge is -2.27. The summed E-state index contributed by atoms with van der Waals surface area (Å²) in [4.78, 5) is 11.6. The molecule has 0 unspecified atom stereocenters. The normalized spacial score (nSPS) is 19.0. The molecule has 0 amide bonds. The Labute approximate surface area is 108 Å². The van der Waals surface area contributed by atoms with Crippen LogP contribution in [-0.2, 0) is 4.79 Å². The van der Waals surface area contributed by atoms with E-state index < -0.39 is 0 Å². The Morgan fingerprint density at radius 1 is 1.17 bits per heavy atom. The van der Waals surface area contributed by atoms with Crippen LogP contribution >= 0.6 is 0 Å². The van der Waals surface area contributed by atoms with Crippen LogP contribution in [0.25, 0.3) is 6.08 Å². The Kier molecular flexibility index (Phi) is 3.37. The molecule has 0 heterocycles. The summed E-state index contributed by atoms with van der Waals surface area (Å²) in [5, 5.41) is 9.66. The number of benzene rings is 1. The number of rotatable bonds is 2. The molecular formula is C16H18O2. The minimum atomic E-state index is 0.0320. The monoisotopic (exact) mass is 242 g/mol. The van der Waals surface area contributed by atoms with Gasteiger partial charge in [-0.3, -0.25) is 4.79 Å². The third-order valence-electron chi connectivity index (χ3n) is 3.10. The molecular weight excluding hydrogens is 224 g/mol. The van der Waals surface area contributed by atoms with Crippen molar-refractivity contribution < 1.29 is 9.90 Å². The molecule has 1 aromatic carbocycles. The van der Waals surface area contributed by atoms with Gasteiger partial charge < -0.3 is 5.11 Å². The zero-order chi connectivity index (χ0) is 13.2. The van der Waals surface area contributed by atoms with Crippen molar-refractivity contribution in [1.82, 2.24) is 0 Å². The number of hydrogen-bond acceptors (Lipinski definition) is 2. The molecule has 0 saturated heterocycles. The van der Waals surface area contributed by atoms with Crippen molar-refractivity contribution in [3.8, 4) is 5.75 Å². The van der Waals surface area contributed by atoms with Gasteiger partial charge in [-0.2, -0.15) is 0 Å². The fourth-order valence-electron chi connectivity index (χ4n) is 2.33. The van der Waals surface area contributed by atoms with Gasteiger partial charge in [0.15, 0.2) is 5.78 Å². The summed E-state index contributed by atoms with van der Waals surface area (Å²) in [6.45, 7) is 4.21. The smallest absolute Gasteiger partial charge is 0.156 e. The van der Waals surface area contributed by atoms with Crippen LogP contribution in [0.2, 0.25) is 0 Å². The van der Waals surface area contributed by atoms with Crippen LogP contribution in [0.4, 0.5) is 0 Å².